The second kappa shape index (κ2) is 9.68. The van der Waals surface area contributed by atoms with Crippen molar-refractivity contribution >= 4 is 34.0 Å². The zero-order valence-electron chi connectivity index (χ0n) is 14.1. The van der Waals surface area contributed by atoms with Crippen molar-refractivity contribution < 1.29 is 14.7 Å². The molecule has 0 spiro atoms. The number of hydrogen-bond acceptors (Lipinski definition) is 4. The van der Waals surface area contributed by atoms with E-state index in [1.807, 2.05) is 60.7 Å². The number of fused-ring (bicyclic) bond motifs is 1. The molecule has 0 aliphatic carbocycles. The largest absolute Gasteiger partial charge is 0.481 e. The van der Waals surface area contributed by atoms with Crippen molar-refractivity contribution in [1.29, 1.82) is 5.53 Å². The Morgan fingerprint density at radius 1 is 0.846 bits per heavy atom. The van der Waals surface area contributed by atoms with Gasteiger partial charge in [0.2, 0.25) is 5.91 Å². The van der Waals surface area contributed by atoms with Crippen molar-refractivity contribution in [3.63, 3.8) is 0 Å². The van der Waals surface area contributed by atoms with Gasteiger partial charge in [-0.3, -0.25) is 9.59 Å². The third-order valence-corrected chi connectivity index (χ3v) is 3.53. The molecule has 0 unspecified atom stereocenters. The van der Waals surface area contributed by atoms with Crippen LogP contribution in [0.4, 0.5) is 11.4 Å². The molecule has 6 nitrogen and oxygen atoms in total. The summed E-state index contributed by atoms with van der Waals surface area (Å²) in [6, 6.07) is 22.6. The number of carbonyl (C=O) groups excluding carboxylic acids is 1. The number of anilines is 1. The van der Waals surface area contributed by atoms with E-state index in [2.05, 4.69) is 10.4 Å². The number of nitrogens with one attached hydrogen (secondary N) is 2. The zero-order valence-corrected chi connectivity index (χ0v) is 14.1. The monoisotopic (exact) mass is 349 g/mol. The fraction of sp³-hybridized carbons (Fsp3) is 0.100. The van der Waals surface area contributed by atoms with Crippen LogP contribution in [0.5, 0.6) is 0 Å². The van der Waals surface area contributed by atoms with Crippen molar-refractivity contribution in [3.05, 3.63) is 72.8 Å². The van der Waals surface area contributed by atoms with Gasteiger partial charge in [-0.2, -0.15) is 5.11 Å². The van der Waals surface area contributed by atoms with Gasteiger partial charge in [0, 0.05) is 22.9 Å². The summed E-state index contributed by atoms with van der Waals surface area (Å²) in [7, 11) is 0. The third-order valence-electron chi connectivity index (χ3n) is 3.53. The van der Waals surface area contributed by atoms with Crippen LogP contribution in [0.1, 0.15) is 12.8 Å². The number of carbonyl (C=O) groups is 2. The predicted molar refractivity (Wildman–Crippen MR) is 101 cm³/mol. The van der Waals surface area contributed by atoms with Crippen molar-refractivity contribution in [2.75, 3.05) is 5.32 Å². The summed E-state index contributed by atoms with van der Waals surface area (Å²) in [5.41, 5.74) is 8.23. The van der Waals surface area contributed by atoms with E-state index in [1.54, 1.807) is 12.1 Å². The van der Waals surface area contributed by atoms with Crippen LogP contribution in [0, 0.1) is 5.53 Å². The second-order valence-corrected chi connectivity index (χ2v) is 5.39. The van der Waals surface area contributed by atoms with Gasteiger partial charge in [-0.05, 0) is 12.1 Å². The minimum atomic E-state index is -1.01. The van der Waals surface area contributed by atoms with Gasteiger partial charge in [0.25, 0.3) is 0 Å². The first-order valence-electron chi connectivity index (χ1n) is 8.02. The van der Waals surface area contributed by atoms with Crippen molar-refractivity contribution in [2.45, 2.75) is 12.8 Å². The van der Waals surface area contributed by atoms with Crippen LogP contribution >= 0.6 is 0 Å². The number of hydrogen-bond donors (Lipinski definition) is 3. The standard InChI is InChI=1S/C14H13N3O3.C6H6/c15-17-12-6-5-11(9-3-1-2-4-10(9)12)16-13(18)7-8-14(19)20;1-2-4-6-5-3-1/h1-6,15H,7-8H2,(H,16,18)(H,19,20);1-6H. The van der Waals surface area contributed by atoms with E-state index in [4.69, 9.17) is 10.6 Å². The number of aliphatic carboxylic acids is 1. The van der Waals surface area contributed by atoms with E-state index >= 15 is 0 Å². The molecule has 0 fully saturated rings. The highest BCUT2D eigenvalue weighted by atomic mass is 16.4. The lowest BCUT2D eigenvalue weighted by Gasteiger charge is -2.09. The Bertz CT molecular complexity index is 868. The number of rotatable bonds is 5. The van der Waals surface area contributed by atoms with E-state index in [-0.39, 0.29) is 18.7 Å². The van der Waals surface area contributed by atoms with Gasteiger partial charge in [-0.15, -0.1) is 0 Å². The summed E-state index contributed by atoms with van der Waals surface area (Å²) >= 11 is 0. The smallest absolute Gasteiger partial charge is 0.303 e. The van der Waals surface area contributed by atoms with Gasteiger partial charge >= 0.3 is 5.97 Å². The first-order valence-corrected chi connectivity index (χ1v) is 8.02. The van der Waals surface area contributed by atoms with Crippen LogP contribution in [0.25, 0.3) is 10.8 Å². The molecule has 0 aliphatic heterocycles. The normalized spacial score (nSPS) is 9.69. The molecule has 3 rings (SSSR count). The summed E-state index contributed by atoms with van der Waals surface area (Å²) < 4.78 is 0. The number of carboxylic acid groups (broad SMARTS) is 1. The van der Waals surface area contributed by atoms with E-state index in [0.29, 0.717) is 11.4 Å². The fourth-order valence-electron chi connectivity index (χ4n) is 2.31. The third kappa shape index (κ3) is 5.52. The molecule has 3 aromatic carbocycles. The molecule has 0 aromatic heterocycles. The van der Waals surface area contributed by atoms with Crippen molar-refractivity contribution in [3.8, 4) is 0 Å². The number of nitrogens with zero attached hydrogens (tertiary/aromatic N) is 1. The molecule has 0 bridgehead atoms. The first kappa shape index (κ1) is 18.8. The van der Waals surface area contributed by atoms with Crippen LogP contribution in [-0.4, -0.2) is 17.0 Å². The molecule has 132 valence electrons. The number of amides is 1. The van der Waals surface area contributed by atoms with E-state index < -0.39 is 5.97 Å². The molecule has 1 amide bonds. The Morgan fingerprint density at radius 3 is 1.96 bits per heavy atom. The van der Waals surface area contributed by atoms with Gasteiger partial charge in [-0.1, -0.05) is 60.7 Å². The average Bonchev–Trinajstić information content (AvgIpc) is 2.68. The van der Waals surface area contributed by atoms with Crippen LogP contribution in [0.3, 0.4) is 0 Å². The highest BCUT2D eigenvalue weighted by Crippen LogP contribution is 2.31. The maximum Gasteiger partial charge on any atom is 0.303 e. The van der Waals surface area contributed by atoms with Gasteiger partial charge in [0.05, 0.1) is 12.1 Å². The summed E-state index contributed by atoms with van der Waals surface area (Å²) in [5.74, 6) is -1.36. The highest BCUT2D eigenvalue weighted by molar-refractivity contribution is 6.06. The molecule has 0 radical (unpaired) electrons. The summed E-state index contributed by atoms with van der Waals surface area (Å²) in [6.07, 6.45) is -0.280. The Kier molecular flexibility index (Phi) is 7.00. The minimum absolute atomic E-state index is 0.0752. The minimum Gasteiger partial charge on any atom is -0.481 e. The number of carboxylic acids is 1. The SMILES string of the molecule is N=Nc1ccc(NC(=O)CCC(=O)O)c2ccccc12.c1ccccc1. The summed E-state index contributed by atoms with van der Waals surface area (Å²) in [4.78, 5) is 22.1. The predicted octanol–water partition coefficient (Wildman–Crippen LogP) is 4.99. The molecule has 0 saturated carbocycles. The van der Waals surface area contributed by atoms with Crippen LogP contribution in [0.2, 0.25) is 0 Å². The molecule has 6 heteroatoms. The Morgan fingerprint density at radius 2 is 1.42 bits per heavy atom. The van der Waals surface area contributed by atoms with Crippen LogP contribution in [-0.2, 0) is 9.59 Å². The van der Waals surface area contributed by atoms with Gasteiger partial charge in [0.1, 0.15) is 0 Å². The number of benzene rings is 3. The average molecular weight is 349 g/mol. The van der Waals surface area contributed by atoms with Crippen LogP contribution < -0.4 is 5.32 Å². The fourth-order valence-corrected chi connectivity index (χ4v) is 2.31. The quantitative estimate of drug-likeness (QED) is 0.565. The molecule has 3 N–H and O–H groups in total. The molecule has 0 saturated heterocycles. The highest BCUT2D eigenvalue weighted by Gasteiger charge is 2.09. The lowest BCUT2D eigenvalue weighted by Crippen LogP contribution is -2.13. The molecular weight excluding hydrogens is 330 g/mol. The molecule has 0 aliphatic rings. The second-order valence-electron chi connectivity index (χ2n) is 5.39. The maximum absolute atomic E-state index is 11.7. The lowest BCUT2D eigenvalue weighted by molar-refractivity contribution is -0.138. The molecule has 3 aromatic rings. The van der Waals surface area contributed by atoms with E-state index in [1.165, 1.54) is 0 Å². The van der Waals surface area contributed by atoms with Crippen molar-refractivity contribution in [2.24, 2.45) is 5.11 Å². The van der Waals surface area contributed by atoms with Gasteiger partial charge < -0.3 is 10.4 Å². The Balaban J connectivity index is 0.000000342. The van der Waals surface area contributed by atoms with Crippen molar-refractivity contribution in [1.82, 2.24) is 0 Å². The molecule has 0 heterocycles. The summed E-state index contributed by atoms with van der Waals surface area (Å²) in [6.45, 7) is 0. The van der Waals surface area contributed by atoms with Gasteiger partial charge in [0.15, 0.2) is 0 Å². The molecule has 0 atom stereocenters. The summed E-state index contributed by atoms with van der Waals surface area (Å²) in [5, 5.41) is 16.2. The Hall–Kier alpha value is -3.54. The van der Waals surface area contributed by atoms with E-state index in [0.717, 1.165) is 10.8 Å². The zero-order chi connectivity index (χ0) is 18.8. The first-order chi connectivity index (χ1) is 12.6. The van der Waals surface area contributed by atoms with E-state index in [9.17, 15) is 9.59 Å². The molecule has 26 heavy (non-hydrogen) atoms. The lowest BCUT2D eigenvalue weighted by atomic mass is 10.1. The van der Waals surface area contributed by atoms with Crippen LogP contribution in [0.15, 0.2) is 77.9 Å². The molecular formula is C20H19N3O3. The van der Waals surface area contributed by atoms with Gasteiger partial charge in [-0.25, -0.2) is 5.53 Å². The topological polar surface area (TPSA) is 103 Å². The maximum atomic E-state index is 11.7. The Labute approximate surface area is 151 Å².